The first-order valence-corrected chi connectivity index (χ1v) is 7.36. The maximum absolute atomic E-state index is 12.6. The van der Waals surface area contributed by atoms with Gasteiger partial charge in [0, 0.05) is 12.2 Å². The molecule has 2 heterocycles. The van der Waals surface area contributed by atoms with Crippen LogP contribution in [0.3, 0.4) is 0 Å². The summed E-state index contributed by atoms with van der Waals surface area (Å²) in [7, 11) is 0. The average Bonchev–Trinajstić information content (AvgIpc) is 2.91. The number of para-hydroxylation sites is 1. The molecule has 1 N–H and O–H groups in total. The number of anilines is 1. The Balaban J connectivity index is 1.89. The van der Waals surface area contributed by atoms with Crippen LogP contribution in [0.25, 0.3) is 0 Å². The number of hydrogen-bond donors (Lipinski definition) is 1. The molecule has 1 aromatic rings. The Labute approximate surface area is 123 Å². The fourth-order valence-electron chi connectivity index (χ4n) is 3.21. The summed E-state index contributed by atoms with van der Waals surface area (Å²) in [5, 5.41) is 9.33. The van der Waals surface area contributed by atoms with Gasteiger partial charge in [-0.1, -0.05) is 18.2 Å². The molecule has 1 aromatic carbocycles. The van der Waals surface area contributed by atoms with Crippen molar-refractivity contribution >= 4 is 17.6 Å². The molecule has 2 aliphatic heterocycles. The molecule has 21 heavy (non-hydrogen) atoms. The van der Waals surface area contributed by atoms with Crippen molar-refractivity contribution in [1.82, 2.24) is 0 Å². The van der Waals surface area contributed by atoms with E-state index in [9.17, 15) is 14.7 Å². The topological polar surface area (TPSA) is 66.8 Å². The van der Waals surface area contributed by atoms with Crippen molar-refractivity contribution in [2.24, 2.45) is 0 Å². The minimum absolute atomic E-state index is 0.0457. The Morgan fingerprint density at radius 3 is 2.67 bits per heavy atom. The summed E-state index contributed by atoms with van der Waals surface area (Å²) >= 11 is 0. The maximum Gasteiger partial charge on any atom is 0.311 e. The van der Waals surface area contributed by atoms with Crippen molar-refractivity contribution in [2.45, 2.75) is 44.3 Å². The van der Waals surface area contributed by atoms with Crippen LogP contribution in [-0.2, 0) is 14.3 Å². The minimum Gasteiger partial charge on any atom is -0.481 e. The van der Waals surface area contributed by atoms with Crippen LogP contribution in [0.2, 0.25) is 0 Å². The molecule has 0 spiro atoms. The van der Waals surface area contributed by atoms with Crippen molar-refractivity contribution in [2.75, 3.05) is 11.4 Å². The molecular formula is C16H19NO4. The predicted octanol–water partition coefficient (Wildman–Crippen LogP) is 2.16. The number of benzene rings is 1. The second kappa shape index (κ2) is 5.48. The zero-order valence-electron chi connectivity index (χ0n) is 12.0. The number of hydrogen-bond acceptors (Lipinski definition) is 3. The highest BCUT2D eigenvalue weighted by Gasteiger charge is 2.37. The number of fused-ring (bicyclic) bond motifs is 1. The summed E-state index contributed by atoms with van der Waals surface area (Å²) in [5.41, 5.74) is 1.43. The Morgan fingerprint density at radius 2 is 2.00 bits per heavy atom. The number of amides is 1. The van der Waals surface area contributed by atoms with E-state index in [-0.39, 0.29) is 12.0 Å². The smallest absolute Gasteiger partial charge is 0.311 e. The summed E-state index contributed by atoms with van der Waals surface area (Å²) in [6.45, 7) is 2.40. The number of carboxylic acid groups (broad SMARTS) is 1. The van der Waals surface area contributed by atoms with Crippen molar-refractivity contribution in [1.29, 1.82) is 0 Å². The molecule has 0 saturated carbocycles. The second-order valence-corrected chi connectivity index (χ2v) is 5.74. The van der Waals surface area contributed by atoms with Gasteiger partial charge in [0.05, 0.1) is 12.0 Å². The van der Waals surface area contributed by atoms with Crippen LogP contribution in [0.15, 0.2) is 24.3 Å². The van der Waals surface area contributed by atoms with Gasteiger partial charge in [-0.15, -0.1) is 0 Å². The van der Waals surface area contributed by atoms with Gasteiger partial charge >= 0.3 is 5.97 Å². The van der Waals surface area contributed by atoms with E-state index in [0.717, 1.165) is 18.4 Å². The summed E-state index contributed by atoms with van der Waals surface area (Å²) in [4.78, 5) is 25.7. The number of ether oxygens (including phenoxy) is 1. The average molecular weight is 289 g/mol. The monoisotopic (exact) mass is 289 g/mol. The summed E-state index contributed by atoms with van der Waals surface area (Å²) < 4.78 is 5.66. The first-order chi connectivity index (χ1) is 10.1. The van der Waals surface area contributed by atoms with Gasteiger partial charge in [0.15, 0.2) is 0 Å². The number of carbonyl (C=O) groups excluding carboxylic acids is 1. The fourth-order valence-corrected chi connectivity index (χ4v) is 3.21. The molecule has 3 atom stereocenters. The third-order valence-corrected chi connectivity index (χ3v) is 4.32. The molecule has 2 aliphatic rings. The molecule has 0 aliphatic carbocycles. The summed E-state index contributed by atoms with van der Waals surface area (Å²) in [6, 6.07) is 7.27. The summed E-state index contributed by atoms with van der Waals surface area (Å²) in [5.74, 6) is -1.41. The maximum atomic E-state index is 12.6. The van der Waals surface area contributed by atoms with Crippen LogP contribution >= 0.6 is 0 Å². The second-order valence-electron chi connectivity index (χ2n) is 5.74. The minimum atomic E-state index is -0.833. The van der Waals surface area contributed by atoms with Gasteiger partial charge in [-0.2, -0.15) is 0 Å². The van der Waals surface area contributed by atoms with Gasteiger partial charge in [0.2, 0.25) is 0 Å². The Hall–Kier alpha value is -1.88. The standard InChI is InChI=1S/C16H19NO4/c1-10-6-7-14(21-10)15(18)17-9-8-12(16(19)20)11-4-2-3-5-13(11)17/h2-5,10,12,14H,6-9H2,1H3,(H,19,20). The van der Waals surface area contributed by atoms with Crippen molar-refractivity contribution in [3.8, 4) is 0 Å². The van der Waals surface area contributed by atoms with Crippen molar-refractivity contribution in [3.63, 3.8) is 0 Å². The molecule has 0 radical (unpaired) electrons. The van der Waals surface area contributed by atoms with Crippen LogP contribution in [0.1, 0.15) is 37.7 Å². The highest BCUT2D eigenvalue weighted by Crippen LogP contribution is 2.36. The largest absolute Gasteiger partial charge is 0.481 e. The first-order valence-electron chi connectivity index (χ1n) is 7.36. The highest BCUT2D eigenvalue weighted by molar-refractivity contribution is 5.99. The Bertz CT molecular complexity index is 571. The van der Waals surface area contributed by atoms with Gasteiger partial charge in [-0.05, 0) is 37.8 Å². The van der Waals surface area contributed by atoms with Crippen LogP contribution in [-0.4, -0.2) is 35.7 Å². The molecule has 1 amide bonds. The quantitative estimate of drug-likeness (QED) is 0.906. The highest BCUT2D eigenvalue weighted by atomic mass is 16.5. The molecule has 5 heteroatoms. The number of rotatable bonds is 2. The van der Waals surface area contributed by atoms with E-state index in [4.69, 9.17) is 4.74 Å². The van der Waals surface area contributed by atoms with E-state index in [1.54, 1.807) is 11.0 Å². The van der Waals surface area contributed by atoms with Crippen LogP contribution in [0, 0.1) is 0 Å². The number of nitrogens with zero attached hydrogens (tertiary/aromatic N) is 1. The molecule has 3 unspecified atom stereocenters. The van der Waals surface area contributed by atoms with E-state index in [0.29, 0.717) is 18.7 Å². The van der Waals surface area contributed by atoms with E-state index < -0.39 is 18.0 Å². The van der Waals surface area contributed by atoms with Crippen LogP contribution < -0.4 is 4.90 Å². The molecule has 112 valence electrons. The van der Waals surface area contributed by atoms with E-state index in [2.05, 4.69) is 0 Å². The normalized spacial score (nSPS) is 28.2. The molecule has 0 aromatic heterocycles. The fraction of sp³-hybridized carbons (Fsp3) is 0.500. The zero-order valence-corrected chi connectivity index (χ0v) is 12.0. The molecule has 5 nitrogen and oxygen atoms in total. The lowest BCUT2D eigenvalue weighted by atomic mass is 9.89. The molecule has 1 fully saturated rings. The Kier molecular flexibility index (Phi) is 3.68. The number of carbonyl (C=O) groups is 2. The zero-order chi connectivity index (χ0) is 15.0. The Morgan fingerprint density at radius 1 is 1.24 bits per heavy atom. The van der Waals surface area contributed by atoms with Gasteiger partial charge in [0.1, 0.15) is 6.10 Å². The lowest BCUT2D eigenvalue weighted by molar-refractivity contribution is -0.139. The molecular weight excluding hydrogens is 270 g/mol. The van der Waals surface area contributed by atoms with Gasteiger partial charge in [-0.3, -0.25) is 9.59 Å². The van der Waals surface area contributed by atoms with Gasteiger partial charge in [0.25, 0.3) is 5.91 Å². The van der Waals surface area contributed by atoms with Crippen LogP contribution in [0.4, 0.5) is 5.69 Å². The summed E-state index contributed by atoms with van der Waals surface area (Å²) in [6.07, 6.45) is 1.80. The van der Waals surface area contributed by atoms with Crippen molar-refractivity contribution < 1.29 is 19.4 Å². The van der Waals surface area contributed by atoms with E-state index in [1.165, 1.54) is 0 Å². The van der Waals surface area contributed by atoms with Gasteiger partial charge < -0.3 is 14.7 Å². The van der Waals surface area contributed by atoms with E-state index >= 15 is 0 Å². The molecule has 0 bridgehead atoms. The van der Waals surface area contributed by atoms with Gasteiger partial charge in [-0.25, -0.2) is 0 Å². The van der Waals surface area contributed by atoms with Crippen LogP contribution in [0.5, 0.6) is 0 Å². The number of aliphatic carboxylic acids is 1. The SMILES string of the molecule is CC1CCC(C(=O)N2CCC(C(=O)O)c3ccccc32)O1. The third-order valence-electron chi connectivity index (χ3n) is 4.32. The van der Waals surface area contributed by atoms with Crippen molar-refractivity contribution in [3.05, 3.63) is 29.8 Å². The lowest BCUT2D eigenvalue weighted by Crippen LogP contribution is -2.43. The first kappa shape index (κ1) is 14.1. The van der Waals surface area contributed by atoms with E-state index in [1.807, 2.05) is 25.1 Å². The third kappa shape index (κ3) is 2.53. The number of carboxylic acids is 1. The predicted molar refractivity (Wildman–Crippen MR) is 77.4 cm³/mol. The molecule has 3 rings (SSSR count). The lowest BCUT2D eigenvalue weighted by Gasteiger charge is -2.34. The molecule has 1 saturated heterocycles.